The van der Waals surface area contributed by atoms with Crippen LogP contribution >= 0.6 is 0 Å². The number of anilines is 1. The van der Waals surface area contributed by atoms with Crippen molar-refractivity contribution < 1.29 is 34.8 Å². The van der Waals surface area contributed by atoms with Gasteiger partial charge in [0.05, 0.1) is 11.9 Å². The van der Waals surface area contributed by atoms with Crippen LogP contribution < -0.4 is 4.72 Å². The lowest BCUT2D eigenvalue weighted by Crippen LogP contribution is -2.30. The number of hydrogen-bond acceptors (Lipinski definition) is 5. The Balaban J connectivity index is 2.45. The number of alkyl halides is 6. The highest BCUT2D eigenvalue weighted by Crippen LogP contribution is 2.30. The summed E-state index contributed by atoms with van der Waals surface area (Å²) in [5.41, 5.74) is -7.70. The maximum absolute atomic E-state index is 12.5. The van der Waals surface area contributed by atoms with E-state index in [1.807, 2.05) is 0 Å². The SMILES string of the molecule is O=S(=O)(Nc1ccnnc1-n1ccc(C(F)(F)F)n1)C(F)(F)F. The second kappa shape index (κ2) is 5.36. The van der Waals surface area contributed by atoms with Gasteiger partial charge in [-0.1, -0.05) is 0 Å². The van der Waals surface area contributed by atoms with Gasteiger partial charge in [-0.25, -0.2) is 4.68 Å². The summed E-state index contributed by atoms with van der Waals surface area (Å²) in [7, 11) is -5.78. The van der Waals surface area contributed by atoms with Crippen LogP contribution in [0.15, 0.2) is 24.5 Å². The normalized spacial score (nSPS) is 13.1. The number of aromatic nitrogens is 4. The van der Waals surface area contributed by atoms with Crippen LogP contribution in [0.25, 0.3) is 5.82 Å². The molecule has 23 heavy (non-hydrogen) atoms. The number of hydrogen-bond donors (Lipinski definition) is 1. The minimum Gasteiger partial charge on any atom is -0.272 e. The van der Waals surface area contributed by atoms with Gasteiger partial charge < -0.3 is 0 Å². The van der Waals surface area contributed by atoms with E-state index in [0.29, 0.717) is 10.7 Å². The molecular formula is C9H5F6N5O2S. The highest BCUT2D eigenvalue weighted by molar-refractivity contribution is 7.93. The number of sulfonamides is 1. The van der Waals surface area contributed by atoms with Crippen LogP contribution in [-0.4, -0.2) is 33.9 Å². The van der Waals surface area contributed by atoms with Crippen LogP contribution in [0, 0.1) is 0 Å². The standard InChI is InChI=1S/C9H5F6N5O2S/c10-8(11,12)6-2-4-20(18-6)7-5(1-3-16-17-7)19-23(21,22)9(13,14)15/h1-4H,(H,16,19). The smallest absolute Gasteiger partial charge is 0.272 e. The van der Waals surface area contributed by atoms with E-state index < -0.39 is 38.9 Å². The average Bonchev–Trinajstić information content (AvgIpc) is 2.86. The summed E-state index contributed by atoms with van der Waals surface area (Å²) in [6.45, 7) is 0. The Hall–Kier alpha value is -2.38. The number of nitrogens with zero attached hydrogens (tertiary/aromatic N) is 4. The minimum atomic E-state index is -5.78. The molecule has 0 aliphatic heterocycles. The van der Waals surface area contributed by atoms with Crippen LogP contribution in [0.4, 0.5) is 32.0 Å². The summed E-state index contributed by atoms with van der Waals surface area (Å²) >= 11 is 0. The van der Waals surface area contributed by atoms with Gasteiger partial charge >= 0.3 is 21.7 Å². The molecule has 0 aliphatic carbocycles. The third-order valence-corrected chi connectivity index (χ3v) is 3.44. The first-order valence-corrected chi connectivity index (χ1v) is 6.94. The second-order valence-electron chi connectivity index (χ2n) is 3.96. The van der Waals surface area contributed by atoms with E-state index in [2.05, 4.69) is 15.3 Å². The van der Waals surface area contributed by atoms with Crippen molar-refractivity contribution in [3.8, 4) is 5.82 Å². The third kappa shape index (κ3) is 3.52. The van der Waals surface area contributed by atoms with Gasteiger partial charge in [-0.15, -0.1) is 5.10 Å². The van der Waals surface area contributed by atoms with E-state index in [1.165, 1.54) is 4.72 Å². The zero-order valence-electron chi connectivity index (χ0n) is 10.6. The van der Waals surface area contributed by atoms with Crippen LogP contribution in [0.1, 0.15) is 5.69 Å². The summed E-state index contributed by atoms with van der Waals surface area (Å²) < 4.78 is 98.3. The fourth-order valence-corrected chi connectivity index (χ4v) is 1.93. The first-order chi connectivity index (χ1) is 10.4. The molecule has 14 heteroatoms. The summed E-state index contributed by atoms with van der Waals surface area (Å²) in [4.78, 5) is 0. The average molecular weight is 361 g/mol. The minimum absolute atomic E-state index is 0.448. The highest BCUT2D eigenvalue weighted by atomic mass is 32.2. The molecule has 0 atom stereocenters. The molecule has 2 heterocycles. The maximum Gasteiger partial charge on any atom is 0.516 e. The first kappa shape index (κ1) is 17.0. The molecule has 0 radical (unpaired) electrons. The third-order valence-electron chi connectivity index (χ3n) is 2.35. The molecule has 0 unspecified atom stereocenters. The van der Waals surface area contributed by atoms with E-state index in [9.17, 15) is 34.8 Å². The van der Waals surface area contributed by atoms with Gasteiger partial charge in [0.1, 0.15) is 0 Å². The summed E-state index contributed by atoms with van der Waals surface area (Å²) in [5.74, 6) is -0.657. The van der Waals surface area contributed by atoms with Crippen molar-refractivity contribution in [2.45, 2.75) is 11.7 Å². The molecule has 0 saturated carbocycles. The van der Waals surface area contributed by atoms with Crippen molar-refractivity contribution in [3.05, 3.63) is 30.2 Å². The maximum atomic E-state index is 12.5. The molecular weight excluding hydrogens is 356 g/mol. The molecule has 1 N–H and O–H groups in total. The number of nitrogens with one attached hydrogen (secondary N) is 1. The second-order valence-corrected chi connectivity index (χ2v) is 5.64. The Kier molecular flexibility index (Phi) is 3.96. The predicted molar refractivity (Wildman–Crippen MR) is 62.8 cm³/mol. The molecule has 2 rings (SSSR count). The van der Waals surface area contributed by atoms with Crippen molar-refractivity contribution in [2.75, 3.05) is 4.72 Å². The highest BCUT2D eigenvalue weighted by Gasteiger charge is 2.46. The molecule has 2 aromatic rings. The van der Waals surface area contributed by atoms with Gasteiger partial charge in [0.2, 0.25) is 0 Å². The van der Waals surface area contributed by atoms with Crippen molar-refractivity contribution in [1.82, 2.24) is 20.0 Å². The van der Waals surface area contributed by atoms with E-state index >= 15 is 0 Å². The zero-order chi connectivity index (χ0) is 17.5. The fourth-order valence-electron chi connectivity index (χ4n) is 1.37. The van der Waals surface area contributed by atoms with Gasteiger partial charge in [0.15, 0.2) is 11.5 Å². The van der Waals surface area contributed by atoms with Crippen LogP contribution in [-0.2, 0) is 16.2 Å². The Morgan fingerprint density at radius 1 is 1.09 bits per heavy atom. The van der Waals surface area contributed by atoms with Gasteiger partial charge in [-0.2, -0.15) is 45.0 Å². The molecule has 0 saturated heterocycles. The van der Waals surface area contributed by atoms with E-state index in [0.717, 1.165) is 18.5 Å². The molecule has 0 bridgehead atoms. The zero-order valence-corrected chi connectivity index (χ0v) is 11.4. The van der Waals surface area contributed by atoms with Crippen molar-refractivity contribution in [1.29, 1.82) is 0 Å². The van der Waals surface area contributed by atoms with Crippen LogP contribution in [0.3, 0.4) is 0 Å². The van der Waals surface area contributed by atoms with Gasteiger partial charge in [0, 0.05) is 6.20 Å². The molecule has 0 aromatic carbocycles. The van der Waals surface area contributed by atoms with Crippen LogP contribution in [0.5, 0.6) is 0 Å². The lowest BCUT2D eigenvalue weighted by Gasteiger charge is -2.12. The largest absolute Gasteiger partial charge is 0.516 e. The summed E-state index contributed by atoms with van der Waals surface area (Å²) in [5, 5.41) is 9.65. The van der Waals surface area contributed by atoms with Gasteiger partial charge in [0.25, 0.3) is 0 Å². The van der Waals surface area contributed by atoms with Crippen molar-refractivity contribution in [2.24, 2.45) is 0 Å². The lowest BCUT2D eigenvalue weighted by atomic mass is 10.4. The molecule has 2 aromatic heterocycles. The molecule has 0 spiro atoms. The Morgan fingerprint density at radius 3 is 2.26 bits per heavy atom. The van der Waals surface area contributed by atoms with Crippen LogP contribution in [0.2, 0.25) is 0 Å². The number of rotatable bonds is 3. The first-order valence-electron chi connectivity index (χ1n) is 5.46. The topological polar surface area (TPSA) is 89.8 Å². The molecule has 126 valence electrons. The Labute approximate surface area is 124 Å². The van der Waals surface area contributed by atoms with E-state index in [-0.39, 0.29) is 0 Å². The summed E-state index contributed by atoms with van der Waals surface area (Å²) in [6, 6.07) is 1.33. The van der Waals surface area contributed by atoms with Gasteiger partial charge in [-0.05, 0) is 12.1 Å². The molecule has 7 nitrogen and oxygen atoms in total. The van der Waals surface area contributed by atoms with Gasteiger partial charge in [-0.3, -0.25) is 4.72 Å². The molecule has 0 fully saturated rings. The monoisotopic (exact) mass is 361 g/mol. The Bertz CT molecular complexity index is 812. The predicted octanol–water partition coefficient (Wildman–Crippen LogP) is 1.94. The number of halogens is 6. The Morgan fingerprint density at radius 2 is 1.74 bits per heavy atom. The van der Waals surface area contributed by atoms with E-state index in [4.69, 9.17) is 0 Å². The molecule has 0 amide bonds. The fraction of sp³-hybridized carbons (Fsp3) is 0.222. The molecule has 0 aliphatic rings. The van der Waals surface area contributed by atoms with E-state index in [1.54, 1.807) is 0 Å². The lowest BCUT2D eigenvalue weighted by molar-refractivity contribution is -0.141. The van der Waals surface area contributed by atoms with Crippen molar-refractivity contribution in [3.63, 3.8) is 0 Å². The van der Waals surface area contributed by atoms with Crippen molar-refractivity contribution >= 4 is 15.7 Å². The summed E-state index contributed by atoms with van der Waals surface area (Å²) in [6.07, 6.45) is -3.19. The quantitative estimate of drug-likeness (QED) is 0.844.